The number of amides is 1. The maximum Gasteiger partial charge on any atom is 0.255 e. The monoisotopic (exact) mass is 248 g/mol. The van der Waals surface area contributed by atoms with Crippen LogP contribution in [0.1, 0.15) is 15.9 Å². The normalized spacial score (nSPS) is 10.2. The first-order valence-electron chi connectivity index (χ1n) is 5.25. The van der Waals surface area contributed by atoms with Crippen molar-refractivity contribution in [1.29, 1.82) is 0 Å². The Labute approximate surface area is 102 Å². The van der Waals surface area contributed by atoms with Gasteiger partial charge in [-0.15, -0.1) is 0 Å². The molecule has 0 spiro atoms. The van der Waals surface area contributed by atoms with E-state index in [1.54, 1.807) is 13.0 Å². The van der Waals surface area contributed by atoms with Gasteiger partial charge in [0.15, 0.2) is 0 Å². The summed E-state index contributed by atoms with van der Waals surface area (Å²) in [4.78, 5) is 15.2. The molecule has 0 saturated carbocycles. The van der Waals surface area contributed by atoms with Crippen LogP contribution in [0.25, 0.3) is 0 Å². The fourth-order valence-corrected chi connectivity index (χ4v) is 1.52. The van der Waals surface area contributed by atoms with Crippen molar-refractivity contribution < 1.29 is 13.6 Å². The second kappa shape index (κ2) is 4.91. The van der Waals surface area contributed by atoms with Crippen molar-refractivity contribution in [1.82, 2.24) is 4.98 Å². The van der Waals surface area contributed by atoms with Crippen molar-refractivity contribution >= 4 is 11.6 Å². The number of nitrogens with zero attached hydrogens (tertiary/aromatic N) is 1. The zero-order valence-electron chi connectivity index (χ0n) is 9.58. The number of anilines is 1. The highest BCUT2D eigenvalue weighted by Gasteiger charge is 2.08. The third-order valence-corrected chi connectivity index (χ3v) is 2.29. The summed E-state index contributed by atoms with van der Waals surface area (Å²) >= 11 is 0. The number of carbonyl (C=O) groups is 1. The molecule has 1 heterocycles. The SMILES string of the molecule is Cc1cc(F)cc(C(=O)Nc2ccc(F)nc2)c1. The summed E-state index contributed by atoms with van der Waals surface area (Å²) in [6, 6.07) is 6.55. The largest absolute Gasteiger partial charge is 0.321 e. The first-order chi connectivity index (χ1) is 8.54. The molecule has 0 unspecified atom stereocenters. The Kier molecular flexibility index (Phi) is 3.32. The van der Waals surface area contributed by atoms with Crippen LogP contribution in [0.15, 0.2) is 36.5 Å². The van der Waals surface area contributed by atoms with Crippen LogP contribution in [-0.2, 0) is 0 Å². The van der Waals surface area contributed by atoms with Crippen LogP contribution in [0, 0.1) is 18.7 Å². The molecular formula is C13H10F2N2O. The number of aryl methyl sites for hydroxylation is 1. The minimum atomic E-state index is -0.630. The fraction of sp³-hybridized carbons (Fsp3) is 0.0769. The van der Waals surface area contributed by atoms with Gasteiger partial charge in [0, 0.05) is 5.56 Å². The number of aromatic nitrogens is 1. The van der Waals surface area contributed by atoms with E-state index in [0.717, 1.165) is 12.1 Å². The quantitative estimate of drug-likeness (QED) is 0.830. The number of rotatable bonds is 2. The number of carbonyl (C=O) groups excluding carboxylic acids is 1. The molecule has 0 atom stereocenters. The van der Waals surface area contributed by atoms with Gasteiger partial charge in [-0.25, -0.2) is 9.37 Å². The van der Waals surface area contributed by atoms with Gasteiger partial charge < -0.3 is 5.32 Å². The molecule has 1 amide bonds. The van der Waals surface area contributed by atoms with E-state index < -0.39 is 17.7 Å². The third-order valence-electron chi connectivity index (χ3n) is 2.29. The molecule has 92 valence electrons. The lowest BCUT2D eigenvalue weighted by molar-refractivity contribution is 0.102. The van der Waals surface area contributed by atoms with E-state index in [4.69, 9.17) is 0 Å². The van der Waals surface area contributed by atoms with E-state index in [2.05, 4.69) is 10.3 Å². The Morgan fingerprint density at radius 3 is 2.61 bits per heavy atom. The Hall–Kier alpha value is -2.30. The van der Waals surface area contributed by atoms with Crippen molar-refractivity contribution in [2.45, 2.75) is 6.92 Å². The highest BCUT2D eigenvalue weighted by molar-refractivity contribution is 6.04. The fourth-order valence-electron chi connectivity index (χ4n) is 1.52. The van der Waals surface area contributed by atoms with E-state index in [0.29, 0.717) is 11.3 Å². The number of benzene rings is 1. The van der Waals surface area contributed by atoms with Crippen LogP contribution in [0.2, 0.25) is 0 Å². The number of halogens is 2. The number of hydrogen-bond donors (Lipinski definition) is 1. The van der Waals surface area contributed by atoms with Gasteiger partial charge in [-0.3, -0.25) is 4.79 Å². The van der Waals surface area contributed by atoms with Gasteiger partial charge in [-0.05, 0) is 42.8 Å². The highest BCUT2D eigenvalue weighted by Crippen LogP contribution is 2.12. The van der Waals surface area contributed by atoms with E-state index in [9.17, 15) is 13.6 Å². The lowest BCUT2D eigenvalue weighted by Crippen LogP contribution is -2.12. The Balaban J connectivity index is 2.19. The molecule has 5 heteroatoms. The summed E-state index contributed by atoms with van der Waals surface area (Å²) in [6.07, 6.45) is 1.19. The molecule has 3 nitrogen and oxygen atoms in total. The molecule has 0 aliphatic carbocycles. The van der Waals surface area contributed by atoms with Crippen LogP contribution in [0.4, 0.5) is 14.5 Å². The minimum Gasteiger partial charge on any atom is -0.321 e. The predicted octanol–water partition coefficient (Wildman–Crippen LogP) is 2.92. The van der Waals surface area contributed by atoms with Gasteiger partial charge in [0.2, 0.25) is 5.95 Å². The molecule has 0 saturated heterocycles. The van der Waals surface area contributed by atoms with Crippen molar-refractivity contribution in [3.05, 3.63) is 59.4 Å². The summed E-state index contributed by atoms with van der Waals surface area (Å²) in [6.45, 7) is 1.69. The van der Waals surface area contributed by atoms with Gasteiger partial charge in [0.1, 0.15) is 5.82 Å². The van der Waals surface area contributed by atoms with Crippen LogP contribution >= 0.6 is 0 Å². The maximum absolute atomic E-state index is 13.1. The van der Waals surface area contributed by atoms with Gasteiger partial charge in [-0.1, -0.05) is 0 Å². The molecule has 18 heavy (non-hydrogen) atoms. The molecule has 2 aromatic rings. The summed E-state index contributed by atoms with van der Waals surface area (Å²) in [5.74, 6) is -1.57. The van der Waals surface area contributed by atoms with Crippen LogP contribution in [-0.4, -0.2) is 10.9 Å². The predicted molar refractivity (Wildman–Crippen MR) is 63.3 cm³/mol. The third kappa shape index (κ3) is 2.88. The van der Waals surface area contributed by atoms with E-state index in [1.165, 1.54) is 18.3 Å². The van der Waals surface area contributed by atoms with Crippen molar-refractivity contribution in [2.24, 2.45) is 0 Å². The molecule has 1 N–H and O–H groups in total. The van der Waals surface area contributed by atoms with E-state index in [-0.39, 0.29) is 5.56 Å². The van der Waals surface area contributed by atoms with Crippen molar-refractivity contribution in [3.63, 3.8) is 0 Å². The topological polar surface area (TPSA) is 42.0 Å². The zero-order chi connectivity index (χ0) is 13.1. The Bertz CT molecular complexity index is 562. The Morgan fingerprint density at radius 2 is 2.00 bits per heavy atom. The van der Waals surface area contributed by atoms with E-state index in [1.807, 2.05) is 0 Å². The molecule has 0 fully saturated rings. The first kappa shape index (κ1) is 12.2. The molecule has 2 rings (SSSR count). The van der Waals surface area contributed by atoms with Crippen LogP contribution in [0.5, 0.6) is 0 Å². The smallest absolute Gasteiger partial charge is 0.255 e. The van der Waals surface area contributed by atoms with Gasteiger partial charge in [0.25, 0.3) is 5.91 Å². The molecule has 0 aliphatic rings. The molecule has 1 aromatic heterocycles. The zero-order valence-corrected chi connectivity index (χ0v) is 9.58. The molecule has 0 aliphatic heterocycles. The second-order valence-corrected chi connectivity index (χ2v) is 3.84. The molecular weight excluding hydrogens is 238 g/mol. The first-order valence-corrected chi connectivity index (χ1v) is 5.25. The molecule has 1 aromatic carbocycles. The van der Waals surface area contributed by atoms with Crippen molar-refractivity contribution in [2.75, 3.05) is 5.32 Å². The minimum absolute atomic E-state index is 0.205. The molecule has 0 bridgehead atoms. The van der Waals surface area contributed by atoms with Gasteiger partial charge >= 0.3 is 0 Å². The summed E-state index contributed by atoms with van der Waals surface area (Å²) in [5, 5.41) is 2.51. The summed E-state index contributed by atoms with van der Waals surface area (Å²) < 4.78 is 25.7. The number of hydrogen-bond acceptors (Lipinski definition) is 2. The summed E-state index contributed by atoms with van der Waals surface area (Å²) in [7, 11) is 0. The number of nitrogens with one attached hydrogen (secondary N) is 1. The Morgan fingerprint density at radius 1 is 1.22 bits per heavy atom. The maximum atomic E-state index is 13.1. The van der Waals surface area contributed by atoms with Crippen molar-refractivity contribution in [3.8, 4) is 0 Å². The van der Waals surface area contributed by atoms with Gasteiger partial charge in [0.05, 0.1) is 11.9 Å². The second-order valence-electron chi connectivity index (χ2n) is 3.84. The van der Waals surface area contributed by atoms with Gasteiger partial charge in [-0.2, -0.15) is 4.39 Å². The standard InChI is InChI=1S/C13H10F2N2O/c1-8-4-9(6-10(14)5-8)13(18)17-11-2-3-12(15)16-7-11/h2-7H,1H3,(H,17,18). The average molecular weight is 248 g/mol. The lowest BCUT2D eigenvalue weighted by atomic mass is 10.1. The van der Waals surface area contributed by atoms with E-state index >= 15 is 0 Å². The van der Waals surface area contributed by atoms with Crippen LogP contribution in [0.3, 0.4) is 0 Å². The van der Waals surface area contributed by atoms with Crippen LogP contribution < -0.4 is 5.32 Å². The summed E-state index contributed by atoms with van der Waals surface area (Å²) in [5.41, 5.74) is 1.21. The number of pyridine rings is 1. The highest BCUT2D eigenvalue weighted by atomic mass is 19.1. The molecule has 0 radical (unpaired) electrons. The lowest BCUT2D eigenvalue weighted by Gasteiger charge is -2.05. The average Bonchev–Trinajstić information content (AvgIpc) is 2.31.